The van der Waals surface area contributed by atoms with Crippen LogP contribution in [-0.4, -0.2) is 37.0 Å². The Kier molecular flexibility index (Phi) is 6.80. The molecule has 0 aliphatic heterocycles. The van der Waals surface area contributed by atoms with E-state index in [9.17, 15) is 13.2 Å². The van der Waals surface area contributed by atoms with Crippen molar-refractivity contribution in [2.24, 2.45) is 0 Å². The van der Waals surface area contributed by atoms with Gasteiger partial charge in [0.2, 0.25) is 10.0 Å². The van der Waals surface area contributed by atoms with E-state index in [1.54, 1.807) is 18.7 Å². The van der Waals surface area contributed by atoms with Crippen LogP contribution in [0.2, 0.25) is 10.0 Å². The summed E-state index contributed by atoms with van der Waals surface area (Å²) >= 11 is 13.2. The highest BCUT2D eigenvalue weighted by Crippen LogP contribution is 2.31. The van der Waals surface area contributed by atoms with Gasteiger partial charge in [-0.25, -0.2) is 17.9 Å². The number of benzene rings is 1. The summed E-state index contributed by atoms with van der Waals surface area (Å²) in [5, 5.41) is 8.55. The van der Waals surface area contributed by atoms with Gasteiger partial charge in [-0.3, -0.25) is 0 Å². The van der Waals surface area contributed by atoms with Gasteiger partial charge in [0.15, 0.2) is 0 Å². The Hall–Kier alpha value is -0.470. The van der Waals surface area contributed by atoms with Crippen molar-refractivity contribution in [3.63, 3.8) is 0 Å². The third-order valence-electron chi connectivity index (χ3n) is 2.49. The van der Waals surface area contributed by atoms with Crippen LogP contribution in [0.1, 0.15) is 24.2 Å². The van der Waals surface area contributed by atoms with Crippen LogP contribution in [0.5, 0.6) is 0 Å². The Bertz CT molecular complexity index is 634. The van der Waals surface area contributed by atoms with Gasteiger partial charge < -0.3 is 5.11 Å². The Labute approximate surface area is 138 Å². The minimum atomic E-state index is -3.91. The maximum Gasteiger partial charge on any atom is 0.338 e. The Balaban J connectivity index is 3.15. The molecule has 1 atom stereocenters. The fourth-order valence-electron chi connectivity index (χ4n) is 1.59. The molecule has 118 valence electrons. The van der Waals surface area contributed by atoms with Crippen LogP contribution in [0.25, 0.3) is 0 Å². The van der Waals surface area contributed by atoms with Gasteiger partial charge >= 0.3 is 5.97 Å². The molecule has 0 amide bonds. The number of carbonyl (C=O) groups is 1. The number of nitrogens with one attached hydrogen (secondary N) is 1. The zero-order valence-electron chi connectivity index (χ0n) is 11.4. The second-order valence-corrected chi connectivity index (χ2v) is 8.01. The predicted molar refractivity (Wildman–Crippen MR) is 86.2 cm³/mol. The van der Waals surface area contributed by atoms with Gasteiger partial charge in [-0.05, 0) is 24.8 Å². The zero-order chi connectivity index (χ0) is 16.2. The molecule has 1 aromatic carbocycles. The highest BCUT2D eigenvalue weighted by molar-refractivity contribution is 7.99. The molecular formula is C12H15Cl2NO4S2. The van der Waals surface area contributed by atoms with E-state index in [0.29, 0.717) is 5.75 Å². The molecule has 1 unspecified atom stereocenters. The van der Waals surface area contributed by atoms with E-state index in [0.717, 1.165) is 5.75 Å². The average molecular weight is 372 g/mol. The Morgan fingerprint density at radius 2 is 2.05 bits per heavy atom. The topological polar surface area (TPSA) is 83.5 Å². The summed E-state index contributed by atoms with van der Waals surface area (Å²) in [5.41, 5.74) is -0.420. The molecule has 9 heteroatoms. The van der Waals surface area contributed by atoms with Crippen LogP contribution >= 0.6 is 35.0 Å². The molecule has 0 bridgehead atoms. The molecule has 0 saturated carbocycles. The number of sulfonamides is 1. The standard InChI is InChI=1S/C12H15Cl2NO4S2/c1-3-20-6-7(2)15-21(18,19)9-5-4-8(13)10(11(9)14)12(16)17/h4-5,7,15H,3,6H2,1-2H3,(H,16,17). The van der Waals surface area contributed by atoms with E-state index in [2.05, 4.69) is 4.72 Å². The second-order valence-electron chi connectivity index (χ2n) is 4.22. The quantitative estimate of drug-likeness (QED) is 0.769. The van der Waals surface area contributed by atoms with Gasteiger partial charge in [0.05, 0.1) is 15.6 Å². The fraction of sp³-hybridized carbons (Fsp3) is 0.417. The molecule has 0 aliphatic carbocycles. The van der Waals surface area contributed by atoms with Gasteiger partial charge in [0.25, 0.3) is 0 Å². The maximum absolute atomic E-state index is 12.3. The van der Waals surface area contributed by atoms with E-state index in [1.165, 1.54) is 12.1 Å². The van der Waals surface area contributed by atoms with Crippen molar-refractivity contribution in [3.05, 3.63) is 27.7 Å². The van der Waals surface area contributed by atoms with E-state index in [4.69, 9.17) is 28.3 Å². The lowest BCUT2D eigenvalue weighted by Crippen LogP contribution is -2.34. The molecule has 0 aromatic heterocycles. The van der Waals surface area contributed by atoms with Gasteiger partial charge in [0.1, 0.15) is 4.90 Å². The molecule has 0 fully saturated rings. The minimum Gasteiger partial charge on any atom is -0.478 e. The second kappa shape index (κ2) is 7.69. The van der Waals surface area contributed by atoms with Gasteiger partial charge in [-0.1, -0.05) is 30.1 Å². The summed E-state index contributed by atoms with van der Waals surface area (Å²) < 4.78 is 27.0. The van der Waals surface area contributed by atoms with Crippen LogP contribution in [0.3, 0.4) is 0 Å². The first-order valence-electron chi connectivity index (χ1n) is 6.02. The monoisotopic (exact) mass is 371 g/mol. The van der Waals surface area contributed by atoms with Crippen LogP contribution in [0, 0.1) is 0 Å². The van der Waals surface area contributed by atoms with E-state index >= 15 is 0 Å². The lowest BCUT2D eigenvalue weighted by molar-refractivity contribution is 0.0697. The number of halogens is 2. The van der Waals surface area contributed by atoms with Crippen molar-refractivity contribution >= 4 is 51.0 Å². The normalized spacial score (nSPS) is 13.1. The lowest BCUT2D eigenvalue weighted by Gasteiger charge is -2.15. The average Bonchev–Trinajstić information content (AvgIpc) is 2.34. The molecule has 1 rings (SSSR count). The SMILES string of the molecule is CCSCC(C)NS(=O)(=O)c1ccc(Cl)c(C(=O)O)c1Cl. The van der Waals surface area contributed by atoms with Crippen LogP contribution < -0.4 is 4.72 Å². The van der Waals surface area contributed by atoms with Crippen molar-refractivity contribution < 1.29 is 18.3 Å². The summed E-state index contributed by atoms with van der Waals surface area (Å²) in [6, 6.07) is 2.09. The first-order valence-corrected chi connectivity index (χ1v) is 9.41. The number of carboxylic acids is 1. The van der Waals surface area contributed by atoms with Gasteiger partial charge in [-0.2, -0.15) is 11.8 Å². The molecular weight excluding hydrogens is 357 g/mol. The number of thioether (sulfide) groups is 1. The number of aromatic carboxylic acids is 1. The Morgan fingerprint density at radius 3 is 2.57 bits per heavy atom. The van der Waals surface area contributed by atoms with Crippen molar-refractivity contribution in [1.29, 1.82) is 0 Å². The van der Waals surface area contributed by atoms with Crippen LogP contribution in [0.15, 0.2) is 17.0 Å². The smallest absolute Gasteiger partial charge is 0.338 e. The van der Waals surface area contributed by atoms with Crippen LogP contribution in [-0.2, 0) is 10.0 Å². The van der Waals surface area contributed by atoms with Crippen LogP contribution in [0.4, 0.5) is 0 Å². The third-order valence-corrected chi connectivity index (χ3v) is 6.08. The van der Waals surface area contributed by atoms with Gasteiger partial charge in [0, 0.05) is 11.8 Å². The molecule has 2 N–H and O–H groups in total. The minimum absolute atomic E-state index is 0.110. The summed E-state index contributed by atoms with van der Waals surface area (Å²) in [4.78, 5) is 10.8. The first kappa shape index (κ1) is 18.6. The van der Waals surface area contributed by atoms with Crippen molar-refractivity contribution in [3.8, 4) is 0 Å². The third kappa shape index (κ3) is 4.75. The first-order chi connectivity index (χ1) is 9.70. The molecule has 1 aromatic rings. The largest absolute Gasteiger partial charge is 0.478 e. The Morgan fingerprint density at radius 1 is 1.43 bits per heavy atom. The summed E-state index contributed by atoms with van der Waals surface area (Å²) in [6.07, 6.45) is 0. The highest BCUT2D eigenvalue weighted by Gasteiger charge is 2.25. The van der Waals surface area contributed by atoms with Gasteiger partial charge in [-0.15, -0.1) is 0 Å². The maximum atomic E-state index is 12.3. The number of hydrogen-bond acceptors (Lipinski definition) is 4. The van der Waals surface area contributed by atoms with Crippen molar-refractivity contribution in [2.45, 2.75) is 24.8 Å². The van der Waals surface area contributed by atoms with Crippen molar-refractivity contribution in [1.82, 2.24) is 4.72 Å². The molecule has 0 radical (unpaired) electrons. The van der Waals surface area contributed by atoms with E-state index in [1.807, 2.05) is 6.92 Å². The predicted octanol–water partition coefficient (Wildman–Crippen LogP) is 3.11. The molecule has 0 spiro atoms. The highest BCUT2D eigenvalue weighted by atomic mass is 35.5. The van der Waals surface area contributed by atoms with E-state index < -0.39 is 26.6 Å². The molecule has 5 nitrogen and oxygen atoms in total. The van der Waals surface area contributed by atoms with E-state index in [-0.39, 0.29) is 16.0 Å². The number of rotatable bonds is 7. The zero-order valence-corrected chi connectivity index (χ0v) is 14.5. The fourth-order valence-corrected chi connectivity index (χ4v) is 4.53. The summed E-state index contributed by atoms with van der Waals surface area (Å²) in [6.45, 7) is 3.70. The summed E-state index contributed by atoms with van der Waals surface area (Å²) in [5.74, 6) is 0.0977. The molecule has 0 heterocycles. The summed E-state index contributed by atoms with van der Waals surface area (Å²) in [7, 11) is -3.91. The molecule has 0 aliphatic rings. The van der Waals surface area contributed by atoms with Crippen molar-refractivity contribution in [2.75, 3.05) is 11.5 Å². The molecule has 0 saturated heterocycles. The lowest BCUT2D eigenvalue weighted by atomic mass is 10.2. The number of carboxylic acid groups (broad SMARTS) is 1. The molecule has 21 heavy (non-hydrogen) atoms. The number of hydrogen-bond donors (Lipinski definition) is 2.